The summed E-state index contributed by atoms with van der Waals surface area (Å²) in [4.78, 5) is 25.1. The second-order valence-corrected chi connectivity index (χ2v) is 6.82. The molecule has 1 saturated carbocycles. The number of aliphatic carboxylic acids is 1. The van der Waals surface area contributed by atoms with Crippen LogP contribution in [-0.4, -0.2) is 35.0 Å². The van der Waals surface area contributed by atoms with Crippen molar-refractivity contribution < 1.29 is 19.1 Å². The molecule has 1 spiro atoms. The fourth-order valence-electron chi connectivity index (χ4n) is 3.26. The fraction of sp³-hybridized carbons (Fsp3) is 0.467. The Kier molecular flexibility index (Phi) is 3.51. The maximum absolute atomic E-state index is 13.4. The lowest BCUT2D eigenvalue weighted by Crippen LogP contribution is -2.40. The number of carboxylic acid groups (broad SMARTS) is 1. The number of hydrogen-bond acceptors (Lipinski definition) is 2. The van der Waals surface area contributed by atoms with Gasteiger partial charge in [-0.15, -0.1) is 0 Å². The van der Waals surface area contributed by atoms with E-state index in [1.165, 1.54) is 12.1 Å². The minimum Gasteiger partial charge on any atom is -0.481 e. The Balaban J connectivity index is 1.67. The zero-order chi connectivity index (χ0) is 15.2. The quantitative estimate of drug-likeness (QED) is 0.887. The van der Waals surface area contributed by atoms with E-state index < -0.39 is 11.8 Å². The van der Waals surface area contributed by atoms with E-state index in [1.54, 1.807) is 11.0 Å². The number of halogens is 2. The molecule has 0 aromatic heterocycles. The highest BCUT2D eigenvalue weighted by Crippen LogP contribution is 2.59. The Morgan fingerprint density at radius 2 is 1.95 bits per heavy atom. The van der Waals surface area contributed by atoms with Gasteiger partial charge >= 0.3 is 5.97 Å². The van der Waals surface area contributed by atoms with Crippen LogP contribution in [-0.2, 0) is 4.79 Å². The number of amides is 1. The normalized spacial score (nSPS) is 23.1. The van der Waals surface area contributed by atoms with E-state index in [2.05, 4.69) is 15.9 Å². The van der Waals surface area contributed by atoms with Crippen molar-refractivity contribution in [3.8, 4) is 0 Å². The smallest absolute Gasteiger partial charge is 0.307 e. The maximum atomic E-state index is 13.4. The number of benzene rings is 1. The van der Waals surface area contributed by atoms with Crippen molar-refractivity contribution in [2.24, 2.45) is 11.3 Å². The number of hydrogen-bond donors (Lipinski definition) is 1. The average Bonchev–Trinajstić information content (AvgIpc) is 3.12. The summed E-state index contributed by atoms with van der Waals surface area (Å²) in [5.74, 6) is -1.63. The Labute approximate surface area is 130 Å². The van der Waals surface area contributed by atoms with E-state index in [0.29, 0.717) is 36.0 Å². The third kappa shape index (κ3) is 2.69. The molecule has 112 valence electrons. The van der Waals surface area contributed by atoms with Gasteiger partial charge in [-0.3, -0.25) is 9.59 Å². The van der Waals surface area contributed by atoms with Gasteiger partial charge in [0, 0.05) is 23.1 Å². The third-order valence-electron chi connectivity index (χ3n) is 4.64. The molecule has 0 radical (unpaired) electrons. The van der Waals surface area contributed by atoms with Crippen molar-refractivity contribution in [1.82, 2.24) is 4.90 Å². The van der Waals surface area contributed by atoms with Crippen molar-refractivity contribution in [3.63, 3.8) is 0 Å². The molecule has 6 heteroatoms. The molecule has 3 rings (SSSR count). The van der Waals surface area contributed by atoms with Crippen molar-refractivity contribution in [1.29, 1.82) is 0 Å². The first-order chi connectivity index (χ1) is 9.91. The molecule has 1 N–H and O–H groups in total. The van der Waals surface area contributed by atoms with Gasteiger partial charge in [-0.1, -0.05) is 15.9 Å². The zero-order valence-corrected chi connectivity index (χ0v) is 12.9. The highest BCUT2D eigenvalue weighted by molar-refractivity contribution is 9.10. The standard InChI is InChI=1S/C15H15BrFNO3/c16-10-5-9(6-11(17)7-10)13(19)18-3-1-15(2-4-18)8-12(15)14(20)21/h5-7,12H,1-4,8H2,(H,20,21). The van der Waals surface area contributed by atoms with E-state index in [1.807, 2.05) is 0 Å². The molecule has 1 saturated heterocycles. The highest BCUT2D eigenvalue weighted by Gasteiger charge is 2.59. The Bertz CT molecular complexity index is 591. The zero-order valence-electron chi connectivity index (χ0n) is 11.3. The summed E-state index contributed by atoms with van der Waals surface area (Å²) in [7, 11) is 0. The number of carboxylic acids is 1. The van der Waals surface area contributed by atoms with E-state index in [4.69, 9.17) is 5.11 Å². The van der Waals surface area contributed by atoms with Gasteiger partial charge in [-0.05, 0) is 42.9 Å². The van der Waals surface area contributed by atoms with Crippen molar-refractivity contribution in [3.05, 3.63) is 34.1 Å². The minimum atomic E-state index is -0.733. The van der Waals surface area contributed by atoms with Crippen LogP contribution in [0.1, 0.15) is 29.6 Å². The molecule has 21 heavy (non-hydrogen) atoms. The first-order valence-corrected chi connectivity index (χ1v) is 7.69. The number of carbonyl (C=O) groups excluding carboxylic acids is 1. The molecule has 4 nitrogen and oxygen atoms in total. The number of likely N-dealkylation sites (tertiary alicyclic amines) is 1. The van der Waals surface area contributed by atoms with Crippen molar-refractivity contribution >= 4 is 27.8 Å². The van der Waals surface area contributed by atoms with Gasteiger partial charge in [-0.25, -0.2) is 4.39 Å². The van der Waals surface area contributed by atoms with E-state index in [0.717, 1.165) is 6.42 Å². The third-order valence-corrected chi connectivity index (χ3v) is 5.10. The molecule has 1 aromatic rings. The average molecular weight is 356 g/mol. The SMILES string of the molecule is O=C(O)C1CC12CCN(C(=O)c1cc(F)cc(Br)c1)CC2. The second kappa shape index (κ2) is 5.09. The summed E-state index contributed by atoms with van der Waals surface area (Å²) in [6.45, 7) is 1.08. The molecule has 1 amide bonds. The summed E-state index contributed by atoms with van der Waals surface area (Å²) in [5.41, 5.74) is 0.217. The van der Waals surface area contributed by atoms with Crippen molar-refractivity contribution in [2.45, 2.75) is 19.3 Å². The number of nitrogens with zero attached hydrogens (tertiary/aromatic N) is 1. The highest BCUT2D eigenvalue weighted by atomic mass is 79.9. The summed E-state index contributed by atoms with van der Waals surface area (Å²) < 4.78 is 13.9. The van der Waals surface area contributed by atoms with Gasteiger partial charge in [0.25, 0.3) is 5.91 Å². The monoisotopic (exact) mass is 355 g/mol. The van der Waals surface area contributed by atoms with Crippen LogP contribution in [0.5, 0.6) is 0 Å². The topological polar surface area (TPSA) is 57.6 Å². The second-order valence-electron chi connectivity index (χ2n) is 5.91. The van der Waals surface area contributed by atoms with Gasteiger partial charge in [0.2, 0.25) is 0 Å². The minimum absolute atomic E-state index is 0.106. The molecule has 2 fully saturated rings. The van der Waals surface area contributed by atoms with Gasteiger partial charge < -0.3 is 10.0 Å². The summed E-state index contributed by atoms with van der Waals surface area (Å²) in [5, 5.41) is 9.06. The van der Waals surface area contributed by atoms with E-state index in [-0.39, 0.29) is 17.2 Å². The van der Waals surface area contributed by atoms with Crippen LogP contribution in [0.15, 0.2) is 22.7 Å². The van der Waals surface area contributed by atoms with Gasteiger partial charge in [0.1, 0.15) is 5.82 Å². The molecule has 1 unspecified atom stereocenters. The summed E-state index contributed by atoms with van der Waals surface area (Å²) in [6, 6.07) is 4.14. The Morgan fingerprint density at radius 1 is 1.29 bits per heavy atom. The van der Waals surface area contributed by atoms with Crippen LogP contribution in [0.2, 0.25) is 0 Å². The molecule has 1 heterocycles. The van der Waals surface area contributed by atoms with Crippen LogP contribution < -0.4 is 0 Å². The molecular formula is C15H15BrFNO3. The van der Waals surface area contributed by atoms with Crippen LogP contribution in [0.3, 0.4) is 0 Å². The molecule has 1 aliphatic heterocycles. The van der Waals surface area contributed by atoms with Crippen LogP contribution in [0, 0.1) is 17.2 Å². The molecule has 2 aliphatic rings. The lowest BCUT2D eigenvalue weighted by Gasteiger charge is -2.32. The summed E-state index contributed by atoms with van der Waals surface area (Å²) >= 11 is 3.18. The van der Waals surface area contributed by atoms with E-state index >= 15 is 0 Å². The lowest BCUT2D eigenvalue weighted by molar-refractivity contribution is -0.139. The van der Waals surface area contributed by atoms with Crippen LogP contribution in [0.25, 0.3) is 0 Å². The predicted molar refractivity (Wildman–Crippen MR) is 77.4 cm³/mol. The van der Waals surface area contributed by atoms with Gasteiger partial charge in [0.15, 0.2) is 0 Å². The summed E-state index contributed by atoms with van der Waals surface area (Å²) in [6.07, 6.45) is 2.15. The Hall–Kier alpha value is -1.43. The van der Waals surface area contributed by atoms with Crippen LogP contribution >= 0.6 is 15.9 Å². The van der Waals surface area contributed by atoms with E-state index in [9.17, 15) is 14.0 Å². The predicted octanol–water partition coefficient (Wildman–Crippen LogP) is 2.92. The molecule has 1 atom stereocenters. The first-order valence-electron chi connectivity index (χ1n) is 6.89. The molecule has 1 aromatic carbocycles. The first kappa shape index (κ1) is 14.5. The lowest BCUT2D eigenvalue weighted by atomic mass is 9.90. The van der Waals surface area contributed by atoms with Gasteiger partial charge in [0.05, 0.1) is 5.92 Å². The fourth-order valence-corrected chi connectivity index (χ4v) is 3.73. The maximum Gasteiger partial charge on any atom is 0.307 e. The van der Waals surface area contributed by atoms with Crippen LogP contribution in [0.4, 0.5) is 4.39 Å². The molecular weight excluding hydrogens is 341 g/mol. The van der Waals surface area contributed by atoms with Crippen molar-refractivity contribution in [2.75, 3.05) is 13.1 Å². The molecule has 0 bridgehead atoms. The Morgan fingerprint density at radius 3 is 2.48 bits per heavy atom. The van der Waals surface area contributed by atoms with Gasteiger partial charge in [-0.2, -0.15) is 0 Å². The molecule has 1 aliphatic carbocycles. The largest absolute Gasteiger partial charge is 0.481 e. The number of piperidine rings is 1. The number of rotatable bonds is 2. The number of carbonyl (C=O) groups is 2.